The first-order chi connectivity index (χ1) is 13.0. The highest BCUT2D eigenvalue weighted by molar-refractivity contribution is 5.70. The Morgan fingerprint density at radius 2 is 2.07 bits per heavy atom. The predicted octanol–water partition coefficient (Wildman–Crippen LogP) is 3.86. The van der Waals surface area contributed by atoms with E-state index in [0.29, 0.717) is 37.4 Å². The van der Waals surface area contributed by atoms with Crippen LogP contribution in [0, 0.1) is 16.0 Å². The summed E-state index contributed by atoms with van der Waals surface area (Å²) >= 11 is 0. The maximum absolute atomic E-state index is 11.4. The smallest absolute Gasteiger partial charge is 0.306 e. The Morgan fingerprint density at radius 1 is 1.33 bits per heavy atom. The van der Waals surface area contributed by atoms with Crippen molar-refractivity contribution in [2.75, 3.05) is 11.4 Å². The third-order valence-electron chi connectivity index (χ3n) is 4.82. The summed E-state index contributed by atoms with van der Waals surface area (Å²) in [6.07, 6.45) is 0.637. The van der Waals surface area contributed by atoms with Crippen molar-refractivity contribution in [3.63, 3.8) is 0 Å². The molecule has 0 bridgehead atoms. The number of benzene rings is 2. The van der Waals surface area contributed by atoms with Crippen LogP contribution in [0.2, 0.25) is 0 Å². The zero-order valence-electron chi connectivity index (χ0n) is 15.1. The fourth-order valence-corrected chi connectivity index (χ4v) is 3.36. The largest absolute Gasteiger partial charge is 0.486 e. The molecule has 27 heavy (non-hydrogen) atoms. The third-order valence-corrected chi connectivity index (χ3v) is 4.82. The van der Waals surface area contributed by atoms with E-state index >= 15 is 0 Å². The van der Waals surface area contributed by atoms with Gasteiger partial charge in [-0.15, -0.1) is 0 Å². The minimum Gasteiger partial charge on any atom is -0.486 e. The molecule has 2 aromatic carbocycles. The molecular weight excluding hydrogens is 348 g/mol. The minimum absolute atomic E-state index is 0.00540. The number of anilines is 1. The highest BCUT2D eigenvalue weighted by atomic mass is 16.6. The van der Waals surface area contributed by atoms with Crippen LogP contribution >= 0.6 is 0 Å². The zero-order valence-corrected chi connectivity index (χ0v) is 15.1. The molecule has 0 radical (unpaired) electrons. The Bertz CT molecular complexity index is 824. The summed E-state index contributed by atoms with van der Waals surface area (Å²) in [7, 11) is 0. The van der Waals surface area contributed by atoms with Gasteiger partial charge >= 0.3 is 5.97 Å². The first-order valence-corrected chi connectivity index (χ1v) is 8.94. The number of aliphatic carboxylic acids is 1. The lowest BCUT2D eigenvalue weighted by atomic mass is 9.97. The van der Waals surface area contributed by atoms with E-state index in [0.717, 1.165) is 5.56 Å². The van der Waals surface area contributed by atoms with Gasteiger partial charge in [0, 0.05) is 18.7 Å². The average molecular weight is 370 g/mol. The molecule has 1 unspecified atom stereocenters. The lowest BCUT2D eigenvalue weighted by Crippen LogP contribution is -2.41. The van der Waals surface area contributed by atoms with Gasteiger partial charge in [0.25, 0.3) is 5.69 Å². The summed E-state index contributed by atoms with van der Waals surface area (Å²) in [6, 6.07) is 14.3. The normalized spacial score (nSPS) is 16.9. The standard InChI is InChI=1S/C20H22N2O5/c1-2-15(20(23)24)10-17-13-21(12-14-6-4-3-5-7-14)18-11-16(22(25)26)8-9-19(18)27-17/h3-9,11,15,17H,2,10,12-13H2,1H3,(H,23,24)/t15?,17-/m0/s1. The van der Waals surface area contributed by atoms with Gasteiger partial charge in [-0.05, 0) is 24.5 Å². The molecule has 0 saturated heterocycles. The molecule has 1 aliphatic rings. The van der Waals surface area contributed by atoms with Crippen molar-refractivity contribution < 1.29 is 19.6 Å². The van der Waals surface area contributed by atoms with Crippen LogP contribution in [0.4, 0.5) is 11.4 Å². The van der Waals surface area contributed by atoms with Gasteiger partial charge in [-0.1, -0.05) is 37.3 Å². The van der Waals surface area contributed by atoms with Gasteiger partial charge < -0.3 is 14.7 Å². The van der Waals surface area contributed by atoms with Gasteiger partial charge in [0.1, 0.15) is 11.9 Å². The number of non-ortho nitro benzene ring substituents is 1. The Balaban J connectivity index is 1.90. The molecular formula is C20H22N2O5. The summed E-state index contributed by atoms with van der Waals surface area (Å²) < 4.78 is 5.99. The van der Waals surface area contributed by atoms with Crippen molar-refractivity contribution in [3.05, 3.63) is 64.2 Å². The van der Waals surface area contributed by atoms with Crippen LogP contribution in [-0.2, 0) is 11.3 Å². The lowest BCUT2D eigenvalue weighted by molar-refractivity contribution is -0.384. The number of carbonyl (C=O) groups is 1. The molecule has 0 aromatic heterocycles. The van der Waals surface area contributed by atoms with Crippen LogP contribution in [0.1, 0.15) is 25.3 Å². The first kappa shape index (κ1) is 18.7. The van der Waals surface area contributed by atoms with E-state index in [4.69, 9.17) is 4.74 Å². The SMILES string of the molecule is CCC(C[C@H]1CN(Cc2ccccc2)c2cc([N+](=O)[O-])ccc2O1)C(=O)O. The summed E-state index contributed by atoms with van der Waals surface area (Å²) in [5, 5.41) is 20.5. The van der Waals surface area contributed by atoms with Crippen LogP contribution in [0.3, 0.4) is 0 Å². The Kier molecular flexibility index (Phi) is 5.59. The molecule has 0 spiro atoms. The number of nitro groups is 1. The van der Waals surface area contributed by atoms with E-state index in [1.807, 2.05) is 42.2 Å². The second kappa shape index (κ2) is 8.07. The molecule has 1 aliphatic heterocycles. The number of nitrogens with zero attached hydrogens (tertiary/aromatic N) is 2. The number of nitro benzene ring substituents is 1. The van der Waals surface area contributed by atoms with Crippen molar-refractivity contribution in [1.29, 1.82) is 0 Å². The van der Waals surface area contributed by atoms with Gasteiger partial charge in [0.05, 0.1) is 23.1 Å². The topological polar surface area (TPSA) is 92.9 Å². The van der Waals surface area contributed by atoms with Crippen LogP contribution in [0.25, 0.3) is 0 Å². The molecule has 142 valence electrons. The van der Waals surface area contributed by atoms with Gasteiger partial charge in [-0.2, -0.15) is 0 Å². The average Bonchev–Trinajstić information content (AvgIpc) is 2.66. The number of rotatable bonds is 7. The minimum atomic E-state index is -0.829. The summed E-state index contributed by atoms with van der Waals surface area (Å²) in [4.78, 5) is 24.2. The molecule has 0 amide bonds. The molecule has 0 fully saturated rings. The van der Waals surface area contributed by atoms with E-state index in [2.05, 4.69) is 0 Å². The van der Waals surface area contributed by atoms with Gasteiger partial charge in [-0.25, -0.2) is 0 Å². The molecule has 1 heterocycles. The van der Waals surface area contributed by atoms with Crippen LogP contribution in [0.15, 0.2) is 48.5 Å². The van der Waals surface area contributed by atoms with Gasteiger partial charge in [-0.3, -0.25) is 14.9 Å². The van der Waals surface area contributed by atoms with Crippen molar-refractivity contribution >= 4 is 17.3 Å². The monoisotopic (exact) mass is 370 g/mol. The van der Waals surface area contributed by atoms with Crippen molar-refractivity contribution in [1.82, 2.24) is 0 Å². The van der Waals surface area contributed by atoms with Crippen LogP contribution in [-0.4, -0.2) is 28.6 Å². The highest BCUT2D eigenvalue weighted by Crippen LogP contribution is 2.38. The van der Waals surface area contributed by atoms with Crippen molar-refractivity contribution in [3.8, 4) is 5.75 Å². The van der Waals surface area contributed by atoms with E-state index in [1.54, 1.807) is 6.07 Å². The van der Waals surface area contributed by atoms with E-state index in [9.17, 15) is 20.0 Å². The third kappa shape index (κ3) is 4.36. The fraction of sp³-hybridized carbons (Fsp3) is 0.350. The number of carboxylic acids is 1. The molecule has 0 saturated carbocycles. The maximum Gasteiger partial charge on any atom is 0.306 e. The Hall–Kier alpha value is -3.09. The molecule has 2 aromatic rings. The van der Waals surface area contributed by atoms with Gasteiger partial charge in [0.2, 0.25) is 0 Å². The highest BCUT2D eigenvalue weighted by Gasteiger charge is 2.31. The number of hydrogen-bond donors (Lipinski definition) is 1. The quantitative estimate of drug-likeness (QED) is 0.587. The summed E-state index contributed by atoms with van der Waals surface area (Å²) in [5.74, 6) is -0.758. The van der Waals surface area contributed by atoms with Crippen LogP contribution in [0.5, 0.6) is 5.75 Å². The summed E-state index contributed by atoms with van der Waals surface area (Å²) in [6.45, 7) is 2.90. The maximum atomic E-state index is 11.4. The van der Waals surface area contributed by atoms with E-state index < -0.39 is 16.8 Å². The predicted molar refractivity (Wildman–Crippen MR) is 101 cm³/mol. The zero-order chi connectivity index (χ0) is 19.4. The number of carboxylic acid groups (broad SMARTS) is 1. The number of hydrogen-bond acceptors (Lipinski definition) is 5. The molecule has 2 atom stereocenters. The Labute approximate surface area is 157 Å². The number of fused-ring (bicyclic) bond motifs is 1. The molecule has 0 aliphatic carbocycles. The molecule has 3 rings (SSSR count). The fourth-order valence-electron chi connectivity index (χ4n) is 3.36. The van der Waals surface area contributed by atoms with Crippen molar-refractivity contribution in [2.24, 2.45) is 5.92 Å². The van der Waals surface area contributed by atoms with Gasteiger partial charge in [0.15, 0.2) is 0 Å². The van der Waals surface area contributed by atoms with Crippen molar-refractivity contribution in [2.45, 2.75) is 32.4 Å². The second-order valence-electron chi connectivity index (χ2n) is 6.69. The molecule has 7 nitrogen and oxygen atoms in total. The Morgan fingerprint density at radius 3 is 2.70 bits per heavy atom. The summed E-state index contributed by atoms with van der Waals surface area (Å²) in [5.41, 5.74) is 1.74. The first-order valence-electron chi connectivity index (χ1n) is 8.94. The van der Waals surface area contributed by atoms with Crippen LogP contribution < -0.4 is 9.64 Å². The number of ether oxygens (including phenoxy) is 1. The molecule has 7 heteroatoms. The lowest BCUT2D eigenvalue weighted by Gasteiger charge is -2.37. The van der Waals surface area contributed by atoms with E-state index in [-0.39, 0.29) is 11.8 Å². The second-order valence-corrected chi connectivity index (χ2v) is 6.69. The van der Waals surface area contributed by atoms with E-state index in [1.165, 1.54) is 12.1 Å². The molecule has 1 N–H and O–H groups in total.